The molecule has 1 aliphatic carbocycles. The summed E-state index contributed by atoms with van der Waals surface area (Å²) < 4.78 is 1.72. The molecule has 4 heteroatoms. The van der Waals surface area contributed by atoms with E-state index in [1.54, 1.807) is 10.9 Å². The zero-order valence-electron chi connectivity index (χ0n) is 7.35. The van der Waals surface area contributed by atoms with Crippen molar-refractivity contribution < 1.29 is 0 Å². The predicted octanol–water partition coefficient (Wildman–Crippen LogP) is 0.514. The smallest absolute Gasteiger partial charge is 0.126 e. The highest BCUT2D eigenvalue weighted by molar-refractivity contribution is 5.13. The van der Waals surface area contributed by atoms with Crippen molar-refractivity contribution >= 4 is 0 Å². The van der Waals surface area contributed by atoms with E-state index in [0.717, 1.165) is 12.8 Å². The molecule has 0 radical (unpaired) electrons. The summed E-state index contributed by atoms with van der Waals surface area (Å²) >= 11 is 0. The van der Waals surface area contributed by atoms with Crippen molar-refractivity contribution in [2.75, 3.05) is 0 Å². The lowest BCUT2D eigenvalue weighted by Gasteiger charge is -2.20. The average molecular weight is 176 g/mol. The van der Waals surface area contributed by atoms with Gasteiger partial charge in [-0.05, 0) is 24.8 Å². The van der Waals surface area contributed by atoms with E-state index in [1.807, 2.05) is 12.3 Å². The van der Waals surface area contributed by atoms with Gasteiger partial charge in [0.25, 0.3) is 0 Å². The van der Waals surface area contributed by atoms with Crippen LogP contribution in [-0.4, -0.2) is 15.3 Å². The Kier molecular flexibility index (Phi) is 1.82. The Bertz CT molecular complexity index is 320. The lowest BCUT2D eigenvalue weighted by Crippen LogP contribution is -2.44. The van der Waals surface area contributed by atoms with E-state index < -0.39 is 5.54 Å². The van der Waals surface area contributed by atoms with Crippen molar-refractivity contribution in [1.29, 1.82) is 5.26 Å². The number of rotatable bonds is 3. The van der Waals surface area contributed by atoms with Gasteiger partial charge >= 0.3 is 0 Å². The summed E-state index contributed by atoms with van der Waals surface area (Å²) in [5.74, 6) is 0.363. The molecule has 0 amide bonds. The van der Waals surface area contributed by atoms with Crippen molar-refractivity contribution in [2.45, 2.75) is 24.9 Å². The van der Waals surface area contributed by atoms with Gasteiger partial charge in [-0.3, -0.25) is 4.68 Å². The maximum atomic E-state index is 8.98. The Hall–Kier alpha value is -1.34. The monoisotopic (exact) mass is 176 g/mol. The molecule has 1 aromatic rings. The number of hydrogen-bond donors (Lipinski definition) is 1. The third-order valence-electron chi connectivity index (χ3n) is 2.50. The standard InChI is InChI=1S/C9H12N4/c10-6-9(11,8-2-3-8)7-13-5-1-4-12-13/h1,4-5,8H,2-3,7,11H2. The van der Waals surface area contributed by atoms with Crippen molar-refractivity contribution in [3.63, 3.8) is 0 Å². The Balaban J connectivity index is 2.11. The highest BCUT2D eigenvalue weighted by Gasteiger charge is 2.43. The summed E-state index contributed by atoms with van der Waals surface area (Å²) in [5.41, 5.74) is 5.26. The number of hydrogen-bond acceptors (Lipinski definition) is 3. The fraction of sp³-hybridized carbons (Fsp3) is 0.556. The second kappa shape index (κ2) is 2.86. The topological polar surface area (TPSA) is 67.6 Å². The van der Waals surface area contributed by atoms with Gasteiger partial charge in [-0.15, -0.1) is 0 Å². The average Bonchev–Trinajstić information content (AvgIpc) is 2.88. The van der Waals surface area contributed by atoms with E-state index >= 15 is 0 Å². The first-order chi connectivity index (χ1) is 6.24. The van der Waals surface area contributed by atoms with E-state index in [1.165, 1.54) is 0 Å². The molecule has 2 N–H and O–H groups in total. The summed E-state index contributed by atoms with van der Waals surface area (Å²) in [6, 6.07) is 4.03. The quantitative estimate of drug-likeness (QED) is 0.729. The fourth-order valence-corrected chi connectivity index (χ4v) is 1.52. The highest BCUT2D eigenvalue weighted by Crippen LogP contribution is 2.38. The molecule has 1 heterocycles. The zero-order chi connectivity index (χ0) is 9.31. The molecule has 0 saturated heterocycles. The second-order valence-corrected chi connectivity index (χ2v) is 3.63. The lowest BCUT2D eigenvalue weighted by atomic mass is 9.97. The number of nitrogens with two attached hydrogens (primary N) is 1. The van der Waals surface area contributed by atoms with Crippen molar-refractivity contribution in [1.82, 2.24) is 9.78 Å². The summed E-state index contributed by atoms with van der Waals surface area (Å²) in [5, 5.41) is 13.0. The van der Waals surface area contributed by atoms with Crippen LogP contribution in [0.3, 0.4) is 0 Å². The van der Waals surface area contributed by atoms with Crippen LogP contribution < -0.4 is 5.73 Å². The van der Waals surface area contributed by atoms with Gasteiger partial charge in [0, 0.05) is 12.4 Å². The first kappa shape index (κ1) is 8.27. The molecule has 1 aromatic heterocycles. The molecule has 1 saturated carbocycles. The van der Waals surface area contributed by atoms with Crippen LogP contribution in [0, 0.1) is 17.2 Å². The van der Waals surface area contributed by atoms with E-state index in [2.05, 4.69) is 11.2 Å². The maximum absolute atomic E-state index is 8.98. The Morgan fingerprint density at radius 3 is 2.92 bits per heavy atom. The molecule has 1 fully saturated rings. The maximum Gasteiger partial charge on any atom is 0.126 e. The van der Waals surface area contributed by atoms with E-state index in [9.17, 15) is 0 Å². The summed E-state index contributed by atoms with van der Waals surface area (Å²) in [4.78, 5) is 0. The van der Waals surface area contributed by atoms with Gasteiger partial charge < -0.3 is 5.73 Å². The Labute approximate surface area is 77.0 Å². The minimum atomic E-state index is -0.716. The first-order valence-corrected chi connectivity index (χ1v) is 4.42. The molecule has 68 valence electrons. The minimum Gasteiger partial charge on any atom is -0.312 e. The number of aromatic nitrogens is 2. The third-order valence-corrected chi connectivity index (χ3v) is 2.50. The largest absolute Gasteiger partial charge is 0.312 e. The molecule has 0 aliphatic heterocycles. The van der Waals surface area contributed by atoms with Crippen molar-refractivity contribution in [3.8, 4) is 6.07 Å². The lowest BCUT2D eigenvalue weighted by molar-refractivity contribution is 0.384. The fourth-order valence-electron chi connectivity index (χ4n) is 1.52. The van der Waals surface area contributed by atoms with Gasteiger partial charge in [-0.25, -0.2) is 0 Å². The van der Waals surface area contributed by atoms with Gasteiger partial charge in [0.1, 0.15) is 5.54 Å². The molecule has 1 unspecified atom stereocenters. The van der Waals surface area contributed by atoms with Crippen LogP contribution in [0.1, 0.15) is 12.8 Å². The van der Waals surface area contributed by atoms with E-state index in [4.69, 9.17) is 11.0 Å². The molecule has 4 nitrogen and oxygen atoms in total. The summed E-state index contributed by atoms with van der Waals surface area (Å²) in [6.07, 6.45) is 5.68. The molecule has 1 atom stereocenters. The van der Waals surface area contributed by atoms with Crippen LogP contribution in [0.4, 0.5) is 0 Å². The molecule has 0 aromatic carbocycles. The Morgan fingerprint density at radius 1 is 1.69 bits per heavy atom. The van der Waals surface area contributed by atoms with Gasteiger partial charge in [0.15, 0.2) is 0 Å². The first-order valence-electron chi connectivity index (χ1n) is 4.42. The third kappa shape index (κ3) is 1.56. The number of nitriles is 1. The normalized spacial score (nSPS) is 20.6. The zero-order valence-corrected chi connectivity index (χ0v) is 7.35. The van der Waals surface area contributed by atoms with Gasteiger partial charge in [0.2, 0.25) is 0 Å². The van der Waals surface area contributed by atoms with Crippen LogP contribution in [0.15, 0.2) is 18.5 Å². The summed E-state index contributed by atoms with van der Waals surface area (Å²) in [7, 11) is 0. The molecule has 0 bridgehead atoms. The SMILES string of the molecule is N#CC(N)(Cn1cccn1)C1CC1. The van der Waals surface area contributed by atoms with Crippen LogP contribution in [0.25, 0.3) is 0 Å². The highest BCUT2D eigenvalue weighted by atomic mass is 15.3. The van der Waals surface area contributed by atoms with Crippen molar-refractivity contribution in [3.05, 3.63) is 18.5 Å². The number of nitrogens with zero attached hydrogens (tertiary/aromatic N) is 3. The molecular formula is C9H12N4. The van der Waals surface area contributed by atoms with Crippen LogP contribution in [-0.2, 0) is 6.54 Å². The molecule has 0 spiro atoms. The van der Waals surface area contributed by atoms with Gasteiger partial charge in [-0.1, -0.05) is 0 Å². The molecule has 13 heavy (non-hydrogen) atoms. The summed E-state index contributed by atoms with van der Waals surface area (Å²) in [6.45, 7) is 0.501. The van der Waals surface area contributed by atoms with Gasteiger partial charge in [0.05, 0.1) is 12.6 Å². The molecular weight excluding hydrogens is 164 g/mol. The van der Waals surface area contributed by atoms with E-state index in [0.29, 0.717) is 12.5 Å². The van der Waals surface area contributed by atoms with Crippen molar-refractivity contribution in [2.24, 2.45) is 11.7 Å². The predicted molar refractivity (Wildman–Crippen MR) is 47.5 cm³/mol. The van der Waals surface area contributed by atoms with Gasteiger partial charge in [-0.2, -0.15) is 10.4 Å². The Morgan fingerprint density at radius 2 is 2.46 bits per heavy atom. The van der Waals surface area contributed by atoms with Crippen LogP contribution >= 0.6 is 0 Å². The van der Waals surface area contributed by atoms with Crippen LogP contribution in [0.5, 0.6) is 0 Å². The van der Waals surface area contributed by atoms with E-state index in [-0.39, 0.29) is 0 Å². The second-order valence-electron chi connectivity index (χ2n) is 3.63. The van der Waals surface area contributed by atoms with Crippen LogP contribution in [0.2, 0.25) is 0 Å². The molecule has 2 rings (SSSR count). The minimum absolute atomic E-state index is 0.363. The molecule has 1 aliphatic rings.